The van der Waals surface area contributed by atoms with Crippen molar-refractivity contribution in [2.24, 2.45) is 0 Å². The van der Waals surface area contributed by atoms with Gasteiger partial charge in [-0.15, -0.1) is 0 Å². The quantitative estimate of drug-likeness (QED) is 0.527. The Bertz CT molecular complexity index is 925. The van der Waals surface area contributed by atoms with Crippen LogP contribution in [0, 0.1) is 0 Å². The van der Waals surface area contributed by atoms with Crippen LogP contribution < -0.4 is 0 Å². The second-order valence-electron chi connectivity index (χ2n) is 7.70. The number of allylic oxidation sites excluding steroid dienone is 5. The topological polar surface area (TPSA) is 16.1 Å². The van der Waals surface area contributed by atoms with Crippen LogP contribution in [0.1, 0.15) is 51.3 Å². The van der Waals surface area contributed by atoms with E-state index < -0.39 is 0 Å². The van der Waals surface area contributed by atoms with Crippen molar-refractivity contribution in [3.05, 3.63) is 78.2 Å². The minimum Gasteiger partial charge on any atom is -0.299 e. The molecule has 0 spiro atoms. The lowest BCUT2D eigenvalue weighted by atomic mass is 10.0. The lowest BCUT2D eigenvalue weighted by Crippen LogP contribution is -2.31. The summed E-state index contributed by atoms with van der Waals surface area (Å²) in [6.07, 6.45) is 14.5. The molecule has 2 heterocycles. The lowest BCUT2D eigenvalue weighted by Gasteiger charge is -2.26. The molecule has 0 unspecified atom stereocenters. The van der Waals surface area contributed by atoms with Crippen molar-refractivity contribution in [2.75, 3.05) is 19.6 Å². The normalized spacial score (nSPS) is 16.8. The van der Waals surface area contributed by atoms with Crippen LogP contribution in [-0.4, -0.2) is 29.5 Å². The summed E-state index contributed by atoms with van der Waals surface area (Å²) < 4.78 is 0. The average Bonchev–Trinajstić information content (AvgIpc) is 2.72. The molecule has 1 saturated heterocycles. The molecule has 0 bridgehead atoms. The highest BCUT2D eigenvalue weighted by Gasteiger charge is 2.11. The number of pyridine rings is 1. The number of hydrogen-bond donors (Lipinski definition) is 0. The van der Waals surface area contributed by atoms with E-state index in [0.29, 0.717) is 0 Å². The lowest BCUT2D eigenvalue weighted by molar-refractivity contribution is 0.248. The molecule has 0 atom stereocenters. The molecular weight excluding hydrogens is 340 g/mol. The molecule has 1 fully saturated rings. The molecule has 146 valence electrons. The maximum Gasteiger partial charge on any atom is 0.0708 e. The maximum atomic E-state index is 4.73. The van der Waals surface area contributed by atoms with Crippen LogP contribution in [0.3, 0.4) is 0 Å². The van der Waals surface area contributed by atoms with Crippen LogP contribution in [0.2, 0.25) is 0 Å². The average molecular weight is 373 g/mol. The van der Waals surface area contributed by atoms with Crippen LogP contribution >= 0.6 is 0 Å². The summed E-state index contributed by atoms with van der Waals surface area (Å²) in [4.78, 5) is 7.24. The largest absolute Gasteiger partial charge is 0.299 e. The standard InChI is InChI=1S/C26H32N2/c1-5-10-23(15-20(3)19-28-13-8-7-9-14-28)26-17-25-16-22(21(4)6-2)11-12-24(25)18-27-26/h5-6,10-12,15-18H,3,7-9,13-14,19H2,1-2,4H3/b10-5-,21-6+,23-15+. The van der Waals surface area contributed by atoms with E-state index in [0.717, 1.165) is 23.4 Å². The van der Waals surface area contributed by atoms with E-state index >= 15 is 0 Å². The van der Waals surface area contributed by atoms with E-state index in [1.54, 1.807) is 0 Å². The smallest absolute Gasteiger partial charge is 0.0708 e. The Balaban J connectivity index is 1.89. The summed E-state index contributed by atoms with van der Waals surface area (Å²) >= 11 is 0. The molecule has 2 heteroatoms. The maximum absolute atomic E-state index is 4.73. The first-order valence-electron chi connectivity index (χ1n) is 10.4. The number of likely N-dealkylation sites (tertiary alicyclic amines) is 1. The molecule has 28 heavy (non-hydrogen) atoms. The fourth-order valence-electron chi connectivity index (χ4n) is 3.77. The molecular formula is C26H32N2. The van der Waals surface area contributed by atoms with Crippen LogP contribution in [0.15, 0.2) is 66.9 Å². The van der Waals surface area contributed by atoms with Gasteiger partial charge in [0.1, 0.15) is 0 Å². The van der Waals surface area contributed by atoms with Gasteiger partial charge in [0, 0.05) is 23.7 Å². The Morgan fingerprint density at radius 1 is 1.11 bits per heavy atom. The SMILES string of the molecule is C=C(/C=C(\C=C/C)c1cc2cc(/C(C)=C/C)ccc2cn1)CN1CCCCC1. The van der Waals surface area contributed by atoms with Gasteiger partial charge in [-0.3, -0.25) is 9.88 Å². The zero-order chi connectivity index (χ0) is 19.9. The van der Waals surface area contributed by atoms with Crippen molar-refractivity contribution in [1.82, 2.24) is 9.88 Å². The highest BCUT2D eigenvalue weighted by atomic mass is 15.1. The zero-order valence-electron chi connectivity index (χ0n) is 17.5. The van der Waals surface area contributed by atoms with Crippen LogP contribution in [0.25, 0.3) is 21.9 Å². The van der Waals surface area contributed by atoms with Crippen molar-refractivity contribution in [3.63, 3.8) is 0 Å². The highest BCUT2D eigenvalue weighted by molar-refractivity contribution is 5.88. The summed E-state index contributed by atoms with van der Waals surface area (Å²) in [6.45, 7) is 13.9. The number of piperidine rings is 1. The Hall–Kier alpha value is -2.45. The molecule has 0 saturated carbocycles. The summed E-state index contributed by atoms with van der Waals surface area (Å²) in [5.74, 6) is 0. The number of nitrogens with zero attached hydrogens (tertiary/aromatic N) is 2. The van der Waals surface area contributed by atoms with E-state index in [1.807, 2.05) is 6.20 Å². The van der Waals surface area contributed by atoms with Crippen LogP contribution in [0.4, 0.5) is 0 Å². The van der Waals surface area contributed by atoms with Gasteiger partial charge < -0.3 is 0 Å². The molecule has 2 aromatic rings. The first-order chi connectivity index (χ1) is 13.6. The van der Waals surface area contributed by atoms with Crippen molar-refractivity contribution in [2.45, 2.75) is 40.0 Å². The van der Waals surface area contributed by atoms with Crippen LogP contribution in [-0.2, 0) is 0 Å². The van der Waals surface area contributed by atoms with Gasteiger partial charge in [0.2, 0.25) is 0 Å². The van der Waals surface area contributed by atoms with Gasteiger partial charge in [-0.05, 0) is 87.0 Å². The van der Waals surface area contributed by atoms with Gasteiger partial charge in [-0.2, -0.15) is 0 Å². The van der Waals surface area contributed by atoms with E-state index in [2.05, 4.69) is 80.8 Å². The number of benzene rings is 1. The van der Waals surface area contributed by atoms with Crippen molar-refractivity contribution < 1.29 is 0 Å². The third-order valence-electron chi connectivity index (χ3n) is 5.49. The molecule has 1 aromatic carbocycles. The molecule has 0 aliphatic carbocycles. The minimum absolute atomic E-state index is 0.944. The summed E-state index contributed by atoms with van der Waals surface area (Å²) in [5.41, 5.74) is 5.83. The first kappa shape index (κ1) is 20.3. The molecule has 1 aromatic heterocycles. The number of aromatic nitrogens is 1. The molecule has 3 rings (SSSR count). The monoisotopic (exact) mass is 372 g/mol. The van der Waals surface area contributed by atoms with Crippen molar-refractivity contribution in [1.29, 1.82) is 0 Å². The summed E-state index contributed by atoms with van der Waals surface area (Å²) in [5, 5.41) is 2.39. The Kier molecular flexibility index (Phi) is 7.00. The van der Waals surface area contributed by atoms with Gasteiger partial charge in [-0.25, -0.2) is 0 Å². The molecule has 0 amide bonds. The molecule has 1 aliphatic rings. The first-order valence-corrected chi connectivity index (χ1v) is 10.4. The molecule has 0 N–H and O–H groups in total. The van der Waals surface area contributed by atoms with Gasteiger partial charge in [-0.1, -0.05) is 43.4 Å². The Morgan fingerprint density at radius 2 is 1.89 bits per heavy atom. The predicted molar refractivity (Wildman–Crippen MR) is 123 cm³/mol. The van der Waals surface area contributed by atoms with E-state index in [1.165, 1.54) is 54.3 Å². The van der Waals surface area contributed by atoms with Gasteiger partial charge in [0.25, 0.3) is 0 Å². The second-order valence-corrected chi connectivity index (χ2v) is 7.70. The minimum atomic E-state index is 0.944. The molecule has 0 radical (unpaired) electrons. The molecule has 1 aliphatic heterocycles. The zero-order valence-corrected chi connectivity index (χ0v) is 17.5. The van der Waals surface area contributed by atoms with Crippen molar-refractivity contribution >= 4 is 21.9 Å². The van der Waals surface area contributed by atoms with E-state index in [4.69, 9.17) is 4.98 Å². The van der Waals surface area contributed by atoms with Crippen LogP contribution in [0.5, 0.6) is 0 Å². The van der Waals surface area contributed by atoms with E-state index in [-0.39, 0.29) is 0 Å². The number of fused-ring (bicyclic) bond motifs is 1. The Labute approximate surface area is 170 Å². The number of hydrogen-bond acceptors (Lipinski definition) is 2. The van der Waals surface area contributed by atoms with E-state index in [9.17, 15) is 0 Å². The third-order valence-corrected chi connectivity index (χ3v) is 5.49. The fourth-order valence-corrected chi connectivity index (χ4v) is 3.77. The van der Waals surface area contributed by atoms with Gasteiger partial charge >= 0.3 is 0 Å². The predicted octanol–water partition coefficient (Wildman–Crippen LogP) is 6.66. The van der Waals surface area contributed by atoms with Gasteiger partial charge in [0.05, 0.1) is 5.69 Å². The van der Waals surface area contributed by atoms with Gasteiger partial charge in [0.15, 0.2) is 0 Å². The van der Waals surface area contributed by atoms with Crippen molar-refractivity contribution in [3.8, 4) is 0 Å². The number of rotatable bonds is 6. The second kappa shape index (κ2) is 9.66. The third kappa shape index (κ3) is 5.08. The summed E-state index contributed by atoms with van der Waals surface area (Å²) in [7, 11) is 0. The highest BCUT2D eigenvalue weighted by Crippen LogP contribution is 2.25. The summed E-state index contributed by atoms with van der Waals surface area (Å²) in [6, 6.07) is 8.78. The molecule has 2 nitrogen and oxygen atoms in total. The Morgan fingerprint density at radius 3 is 2.61 bits per heavy atom. The fraction of sp³-hybridized carbons (Fsp3) is 0.346.